The number of carbonyl (C=O) groups excluding carboxylic acids is 1. The Kier molecular flexibility index (Phi) is 7.70. The Morgan fingerprint density at radius 1 is 1.03 bits per heavy atom. The lowest BCUT2D eigenvalue weighted by Gasteiger charge is -2.33. The smallest absolute Gasteiger partial charge is 0.246 e. The van der Waals surface area contributed by atoms with Crippen molar-refractivity contribution in [3.63, 3.8) is 0 Å². The fraction of sp³-hybridized carbons (Fsp3) is 0.348. The zero-order chi connectivity index (χ0) is 24.2. The van der Waals surface area contributed by atoms with Gasteiger partial charge in [0.15, 0.2) is 11.5 Å². The predicted molar refractivity (Wildman–Crippen MR) is 119 cm³/mol. The normalized spacial score (nSPS) is 15.3. The molecule has 0 N–H and O–H groups in total. The first kappa shape index (κ1) is 24.7. The molecule has 0 saturated carbocycles. The van der Waals surface area contributed by atoms with Crippen LogP contribution in [0.2, 0.25) is 0 Å². The molecule has 0 aromatic heterocycles. The van der Waals surface area contributed by atoms with Gasteiger partial charge in [0.2, 0.25) is 15.9 Å². The van der Waals surface area contributed by atoms with E-state index in [9.17, 15) is 22.0 Å². The van der Waals surface area contributed by atoms with Gasteiger partial charge in [0.25, 0.3) is 0 Å². The van der Waals surface area contributed by atoms with Crippen molar-refractivity contribution in [1.29, 1.82) is 0 Å². The molecule has 10 heteroatoms. The van der Waals surface area contributed by atoms with Gasteiger partial charge in [-0.25, -0.2) is 17.2 Å². The average molecular weight is 481 g/mol. The first-order valence-electron chi connectivity index (χ1n) is 10.4. The van der Waals surface area contributed by atoms with Gasteiger partial charge in [-0.15, -0.1) is 0 Å². The highest BCUT2D eigenvalue weighted by atomic mass is 32.2. The van der Waals surface area contributed by atoms with E-state index >= 15 is 0 Å². The first-order chi connectivity index (χ1) is 15.6. The van der Waals surface area contributed by atoms with Crippen LogP contribution in [-0.4, -0.2) is 62.9 Å². The molecule has 1 aliphatic heterocycles. The highest BCUT2D eigenvalue weighted by Gasteiger charge is 2.31. The molecule has 0 unspecified atom stereocenters. The molecule has 1 amide bonds. The third kappa shape index (κ3) is 5.88. The maximum absolute atomic E-state index is 14.0. The van der Waals surface area contributed by atoms with Crippen LogP contribution in [0.1, 0.15) is 19.4 Å². The molecule has 0 radical (unpaired) electrons. The number of hydrogen-bond donors (Lipinski definition) is 0. The molecule has 1 aliphatic rings. The summed E-state index contributed by atoms with van der Waals surface area (Å²) in [6.07, 6.45) is 3.03. The molecule has 33 heavy (non-hydrogen) atoms. The number of nitrogens with zero attached hydrogens (tertiary/aromatic N) is 2. The SMILES string of the molecule is COc1cc(C=CC(=O)N2CCN(S(=O)(=O)c3ccc(F)cc3F)CC2)ccc1OC(C)C. The summed E-state index contributed by atoms with van der Waals surface area (Å²) in [5.41, 5.74) is 0.740. The van der Waals surface area contributed by atoms with Gasteiger partial charge in [0.05, 0.1) is 13.2 Å². The van der Waals surface area contributed by atoms with E-state index in [2.05, 4.69) is 0 Å². The van der Waals surface area contributed by atoms with Gasteiger partial charge in [0, 0.05) is 38.3 Å². The summed E-state index contributed by atoms with van der Waals surface area (Å²) in [5, 5.41) is 0. The summed E-state index contributed by atoms with van der Waals surface area (Å²) in [4.78, 5) is 13.5. The van der Waals surface area contributed by atoms with Crippen LogP contribution in [0.4, 0.5) is 8.78 Å². The fourth-order valence-electron chi connectivity index (χ4n) is 3.38. The Balaban J connectivity index is 1.63. The lowest BCUT2D eigenvalue weighted by Crippen LogP contribution is -2.50. The predicted octanol–water partition coefficient (Wildman–Crippen LogP) is 3.31. The van der Waals surface area contributed by atoms with Crippen molar-refractivity contribution in [3.8, 4) is 11.5 Å². The monoisotopic (exact) mass is 480 g/mol. The Hall–Kier alpha value is -2.98. The first-order valence-corrected chi connectivity index (χ1v) is 11.8. The minimum absolute atomic E-state index is 0.00773. The number of rotatable bonds is 7. The molecule has 0 atom stereocenters. The van der Waals surface area contributed by atoms with Gasteiger partial charge in [0.1, 0.15) is 16.5 Å². The number of sulfonamides is 1. The minimum atomic E-state index is -4.12. The molecule has 0 spiro atoms. The lowest BCUT2D eigenvalue weighted by molar-refractivity contribution is -0.127. The third-order valence-electron chi connectivity index (χ3n) is 5.03. The van der Waals surface area contributed by atoms with Gasteiger partial charge >= 0.3 is 0 Å². The Morgan fingerprint density at radius 3 is 2.33 bits per heavy atom. The van der Waals surface area contributed by atoms with E-state index < -0.39 is 26.6 Å². The van der Waals surface area contributed by atoms with Crippen LogP contribution in [0.15, 0.2) is 47.4 Å². The summed E-state index contributed by atoms with van der Waals surface area (Å²) in [6.45, 7) is 4.13. The highest BCUT2D eigenvalue weighted by Crippen LogP contribution is 2.29. The van der Waals surface area contributed by atoms with E-state index in [-0.39, 0.29) is 38.2 Å². The van der Waals surface area contributed by atoms with Gasteiger partial charge < -0.3 is 14.4 Å². The number of halogens is 2. The van der Waals surface area contributed by atoms with E-state index in [1.807, 2.05) is 13.8 Å². The summed E-state index contributed by atoms with van der Waals surface area (Å²) < 4.78 is 64.6. The molecule has 1 saturated heterocycles. The largest absolute Gasteiger partial charge is 0.493 e. The molecule has 1 fully saturated rings. The Bertz CT molecular complexity index is 1140. The van der Waals surface area contributed by atoms with Crippen molar-refractivity contribution < 1.29 is 31.5 Å². The number of benzene rings is 2. The van der Waals surface area contributed by atoms with Gasteiger partial charge in [-0.3, -0.25) is 4.79 Å². The highest BCUT2D eigenvalue weighted by molar-refractivity contribution is 7.89. The average Bonchev–Trinajstić information content (AvgIpc) is 2.77. The third-order valence-corrected chi connectivity index (χ3v) is 6.96. The van der Waals surface area contributed by atoms with E-state index in [1.165, 1.54) is 18.1 Å². The van der Waals surface area contributed by atoms with Crippen molar-refractivity contribution in [3.05, 3.63) is 59.7 Å². The van der Waals surface area contributed by atoms with Gasteiger partial charge in [-0.2, -0.15) is 4.31 Å². The molecular formula is C23H26F2N2O5S. The number of amides is 1. The van der Waals surface area contributed by atoms with Crippen LogP contribution in [0.5, 0.6) is 11.5 Å². The van der Waals surface area contributed by atoms with Crippen LogP contribution < -0.4 is 9.47 Å². The van der Waals surface area contributed by atoms with E-state index in [1.54, 1.807) is 24.3 Å². The standard InChI is InChI=1S/C23H26F2N2O5S/c1-16(2)32-20-7-4-17(14-21(20)31-3)5-9-23(28)26-10-12-27(13-11-26)33(29,30)22-8-6-18(24)15-19(22)25/h4-9,14-16H,10-13H2,1-3H3. The number of carbonyl (C=O) groups is 1. The van der Waals surface area contributed by atoms with Crippen molar-refractivity contribution in [2.24, 2.45) is 0 Å². The summed E-state index contributed by atoms with van der Waals surface area (Å²) in [7, 11) is -2.59. The molecule has 3 rings (SSSR count). The van der Waals surface area contributed by atoms with E-state index in [0.29, 0.717) is 17.6 Å². The second-order valence-corrected chi connectivity index (χ2v) is 9.62. The van der Waals surface area contributed by atoms with Crippen molar-refractivity contribution in [2.75, 3.05) is 33.3 Å². The molecular weight excluding hydrogens is 454 g/mol. The second-order valence-electron chi connectivity index (χ2n) is 7.71. The summed E-state index contributed by atoms with van der Waals surface area (Å²) in [5.74, 6) is -1.12. The number of piperazine rings is 1. The van der Waals surface area contributed by atoms with Gasteiger partial charge in [-0.05, 0) is 49.8 Å². The van der Waals surface area contributed by atoms with Gasteiger partial charge in [-0.1, -0.05) is 6.07 Å². The topological polar surface area (TPSA) is 76.2 Å². The van der Waals surface area contributed by atoms with E-state index in [4.69, 9.17) is 9.47 Å². The number of ether oxygens (including phenoxy) is 2. The molecule has 178 valence electrons. The molecule has 0 aliphatic carbocycles. The van der Waals surface area contributed by atoms with Crippen LogP contribution in [0, 0.1) is 11.6 Å². The van der Waals surface area contributed by atoms with Crippen molar-refractivity contribution >= 4 is 22.0 Å². The van der Waals surface area contributed by atoms with Crippen LogP contribution >= 0.6 is 0 Å². The molecule has 2 aromatic rings. The Morgan fingerprint density at radius 2 is 1.73 bits per heavy atom. The second kappa shape index (κ2) is 10.3. The molecule has 0 bridgehead atoms. The number of hydrogen-bond acceptors (Lipinski definition) is 5. The lowest BCUT2D eigenvalue weighted by atomic mass is 10.2. The van der Waals surface area contributed by atoms with Crippen LogP contribution in [0.25, 0.3) is 6.08 Å². The fourth-order valence-corrected chi connectivity index (χ4v) is 4.85. The van der Waals surface area contributed by atoms with E-state index in [0.717, 1.165) is 22.0 Å². The zero-order valence-corrected chi connectivity index (χ0v) is 19.4. The number of methoxy groups -OCH3 is 1. The minimum Gasteiger partial charge on any atom is -0.493 e. The van der Waals surface area contributed by atoms with Crippen molar-refractivity contribution in [1.82, 2.24) is 9.21 Å². The molecule has 1 heterocycles. The Labute approximate surface area is 192 Å². The molecule has 7 nitrogen and oxygen atoms in total. The molecule has 2 aromatic carbocycles. The quantitative estimate of drug-likeness (QED) is 0.569. The maximum atomic E-state index is 14.0. The van der Waals surface area contributed by atoms with Crippen LogP contribution in [-0.2, 0) is 14.8 Å². The van der Waals surface area contributed by atoms with Crippen LogP contribution in [0.3, 0.4) is 0 Å². The summed E-state index contributed by atoms with van der Waals surface area (Å²) in [6, 6.07) is 7.66. The maximum Gasteiger partial charge on any atom is 0.246 e. The zero-order valence-electron chi connectivity index (χ0n) is 18.6. The summed E-state index contributed by atoms with van der Waals surface area (Å²) >= 11 is 0. The van der Waals surface area contributed by atoms with Crippen molar-refractivity contribution in [2.45, 2.75) is 24.8 Å².